The van der Waals surface area contributed by atoms with Gasteiger partial charge in [-0.3, -0.25) is 19.2 Å². The summed E-state index contributed by atoms with van der Waals surface area (Å²) in [7, 11) is 0. The van der Waals surface area contributed by atoms with Gasteiger partial charge >= 0.3 is 0 Å². The summed E-state index contributed by atoms with van der Waals surface area (Å²) in [6.07, 6.45) is -1.38. The molecule has 2 aromatic carbocycles. The number of carbonyl (C=O) groups excluding carboxylic acids is 4. The van der Waals surface area contributed by atoms with Crippen LogP contribution in [-0.2, 0) is 25.6 Å². The van der Waals surface area contributed by atoms with E-state index >= 15 is 0 Å². The van der Waals surface area contributed by atoms with Gasteiger partial charge in [0.25, 0.3) is 0 Å². The highest BCUT2D eigenvalue weighted by atomic mass is 16.3. The molecule has 2 amide bonds. The van der Waals surface area contributed by atoms with Crippen molar-refractivity contribution in [2.24, 2.45) is 23.5 Å². The second-order valence-electron chi connectivity index (χ2n) is 10.2. The molecule has 0 heterocycles. The first kappa shape index (κ1) is 26.2. The molecule has 3 aliphatic carbocycles. The van der Waals surface area contributed by atoms with Crippen molar-refractivity contribution in [3.05, 3.63) is 64.2 Å². The average Bonchev–Trinajstić information content (AvgIpc) is 2.86. The molecule has 10 nitrogen and oxygen atoms in total. The van der Waals surface area contributed by atoms with Gasteiger partial charge in [0.1, 0.15) is 17.4 Å². The van der Waals surface area contributed by atoms with Gasteiger partial charge in [0.15, 0.2) is 11.4 Å². The number of anilines is 1. The number of Topliss-reactive ketones (excluding diaryl/α,β-unsaturated/α-hetero) is 2. The SMILES string of the molecule is CC(=O)Nc1ccc(C#Cc2ccc(O)c3c2C[C@H]2C[C@H]4CC(O)C(C(N)=O)C(=O)[C@@]4(O)C(=O)C2=C3O)cc1. The van der Waals surface area contributed by atoms with Gasteiger partial charge in [0.05, 0.1) is 11.7 Å². The Morgan fingerprint density at radius 1 is 1.05 bits per heavy atom. The monoisotopic (exact) mass is 530 g/mol. The molecule has 0 radical (unpaired) electrons. The molecule has 0 spiro atoms. The molecule has 5 rings (SSSR count). The molecule has 2 unspecified atom stereocenters. The number of ketones is 2. The predicted molar refractivity (Wildman–Crippen MR) is 138 cm³/mol. The number of aromatic hydroxyl groups is 1. The van der Waals surface area contributed by atoms with E-state index < -0.39 is 52.7 Å². The number of aliphatic hydroxyl groups is 3. The normalized spacial score (nSPS) is 27.5. The first-order valence-electron chi connectivity index (χ1n) is 12.4. The van der Waals surface area contributed by atoms with Crippen LogP contribution >= 0.6 is 0 Å². The summed E-state index contributed by atoms with van der Waals surface area (Å²) in [4.78, 5) is 49.7. The van der Waals surface area contributed by atoms with E-state index in [2.05, 4.69) is 17.2 Å². The molecule has 2 aromatic rings. The molecule has 200 valence electrons. The van der Waals surface area contributed by atoms with Crippen LogP contribution < -0.4 is 11.1 Å². The topological polar surface area (TPSA) is 187 Å². The highest BCUT2D eigenvalue weighted by Crippen LogP contribution is 2.51. The Hall–Kier alpha value is -4.46. The molecule has 0 saturated heterocycles. The van der Waals surface area contributed by atoms with Gasteiger partial charge in [-0.1, -0.05) is 11.8 Å². The lowest BCUT2D eigenvalue weighted by Gasteiger charge is -2.48. The maximum absolute atomic E-state index is 13.6. The summed E-state index contributed by atoms with van der Waals surface area (Å²) in [5.74, 6) is -1.74. The number of carbonyl (C=O) groups is 4. The van der Waals surface area contributed by atoms with E-state index in [9.17, 15) is 39.6 Å². The zero-order valence-electron chi connectivity index (χ0n) is 20.9. The highest BCUT2D eigenvalue weighted by Gasteiger charge is 2.63. The summed E-state index contributed by atoms with van der Waals surface area (Å²) >= 11 is 0. The number of phenols is 1. The number of nitrogens with two attached hydrogens (primary N) is 1. The average molecular weight is 531 g/mol. The van der Waals surface area contributed by atoms with E-state index in [1.54, 1.807) is 30.3 Å². The Morgan fingerprint density at radius 3 is 2.38 bits per heavy atom. The second-order valence-corrected chi connectivity index (χ2v) is 10.2. The fourth-order valence-corrected chi connectivity index (χ4v) is 6.02. The van der Waals surface area contributed by atoms with Gasteiger partial charge in [-0.25, -0.2) is 0 Å². The van der Waals surface area contributed by atoms with Gasteiger partial charge in [-0.05, 0) is 67.1 Å². The lowest BCUT2D eigenvalue weighted by molar-refractivity contribution is -0.174. The third kappa shape index (κ3) is 4.16. The smallest absolute Gasteiger partial charge is 0.230 e. The molecule has 3 aliphatic rings. The zero-order chi connectivity index (χ0) is 28.2. The van der Waals surface area contributed by atoms with Gasteiger partial charge in [0.2, 0.25) is 17.6 Å². The molecular formula is C29H26N2O8. The third-order valence-electron chi connectivity index (χ3n) is 7.81. The number of benzene rings is 2. The molecule has 0 aromatic heterocycles. The first-order chi connectivity index (χ1) is 18.4. The number of primary amides is 1. The molecule has 5 atom stereocenters. The first-order valence-corrected chi connectivity index (χ1v) is 12.4. The molecular weight excluding hydrogens is 504 g/mol. The standard InChI is InChI=1S/C29H26N2O8/c1-13(32)31-18-7-3-14(4-8-18)2-5-15-6-9-20(33)23-19(15)11-16-10-17-12-21(34)24(28(30)38)27(37)29(17,39)26(36)22(16)25(23)35/h3-4,6-9,16-17,21,24,33-35,39H,10-12H2,1H3,(H2,30,38)(H,31,32)/t16-,17+,21?,24?,29+/m1/s1. The van der Waals surface area contributed by atoms with Crippen molar-refractivity contribution in [1.29, 1.82) is 0 Å². The Balaban J connectivity index is 1.54. The lowest BCUT2D eigenvalue weighted by Crippen LogP contribution is -2.66. The predicted octanol–water partition coefficient (Wildman–Crippen LogP) is 0.947. The van der Waals surface area contributed by atoms with Crippen LogP contribution in [0.4, 0.5) is 5.69 Å². The number of aliphatic hydroxyl groups excluding tert-OH is 2. The Bertz CT molecular complexity index is 1530. The van der Waals surface area contributed by atoms with Gasteiger partial charge in [-0.2, -0.15) is 0 Å². The van der Waals surface area contributed by atoms with Gasteiger partial charge < -0.3 is 31.5 Å². The fourth-order valence-electron chi connectivity index (χ4n) is 6.02. The number of hydrogen-bond acceptors (Lipinski definition) is 8. The summed E-state index contributed by atoms with van der Waals surface area (Å²) in [5.41, 5.74) is 4.70. The molecule has 39 heavy (non-hydrogen) atoms. The lowest BCUT2D eigenvalue weighted by atomic mass is 9.56. The minimum Gasteiger partial charge on any atom is -0.507 e. The van der Waals surface area contributed by atoms with Crippen molar-refractivity contribution in [2.75, 3.05) is 5.32 Å². The summed E-state index contributed by atoms with van der Waals surface area (Å²) in [6.45, 7) is 1.41. The largest absolute Gasteiger partial charge is 0.507 e. The molecule has 0 aliphatic heterocycles. The van der Waals surface area contributed by atoms with Crippen LogP contribution in [0.3, 0.4) is 0 Å². The molecule has 0 bridgehead atoms. The summed E-state index contributed by atoms with van der Waals surface area (Å²) in [5, 5.41) is 46.2. The maximum atomic E-state index is 13.6. The fraction of sp³-hybridized carbons (Fsp3) is 0.310. The molecule has 2 fully saturated rings. The number of rotatable bonds is 2. The van der Waals surface area contributed by atoms with E-state index in [0.29, 0.717) is 22.4 Å². The van der Waals surface area contributed by atoms with Crippen LogP contribution in [0.2, 0.25) is 0 Å². The van der Waals surface area contributed by atoms with Crippen LogP contribution in [0.15, 0.2) is 42.0 Å². The van der Waals surface area contributed by atoms with Crippen molar-refractivity contribution >= 4 is 34.8 Å². The number of nitrogens with one attached hydrogen (secondary N) is 1. The van der Waals surface area contributed by atoms with Crippen molar-refractivity contribution in [3.8, 4) is 17.6 Å². The summed E-state index contributed by atoms with van der Waals surface area (Å²) < 4.78 is 0. The Labute approximate surface area is 223 Å². The van der Waals surface area contributed by atoms with Crippen molar-refractivity contribution in [2.45, 2.75) is 37.9 Å². The molecule has 2 saturated carbocycles. The van der Waals surface area contributed by atoms with Crippen LogP contribution in [0, 0.1) is 29.6 Å². The van der Waals surface area contributed by atoms with Crippen LogP contribution in [0.5, 0.6) is 5.75 Å². The third-order valence-corrected chi connectivity index (χ3v) is 7.81. The van der Waals surface area contributed by atoms with Crippen molar-refractivity contribution in [3.63, 3.8) is 0 Å². The minimum atomic E-state index is -2.62. The number of hydrogen-bond donors (Lipinski definition) is 6. The second kappa shape index (κ2) is 9.38. The number of phenolic OH excluding ortho intramolecular Hbond substituents is 1. The quantitative estimate of drug-likeness (QED) is 0.244. The van der Waals surface area contributed by atoms with E-state index in [1.807, 2.05) is 0 Å². The van der Waals surface area contributed by atoms with Crippen molar-refractivity contribution in [1.82, 2.24) is 0 Å². The number of amides is 2. The van der Waals surface area contributed by atoms with Crippen LogP contribution in [-0.4, -0.2) is 55.5 Å². The minimum absolute atomic E-state index is 0.0146. The van der Waals surface area contributed by atoms with Gasteiger partial charge in [0, 0.05) is 35.2 Å². The van der Waals surface area contributed by atoms with Gasteiger partial charge in [-0.15, -0.1) is 0 Å². The van der Waals surface area contributed by atoms with E-state index in [0.717, 1.165) is 0 Å². The maximum Gasteiger partial charge on any atom is 0.230 e. The highest BCUT2D eigenvalue weighted by molar-refractivity contribution is 6.24. The van der Waals surface area contributed by atoms with Crippen molar-refractivity contribution < 1.29 is 39.6 Å². The van der Waals surface area contributed by atoms with E-state index in [-0.39, 0.29) is 42.1 Å². The Morgan fingerprint density at radius 2 is 1.74 bits per heavy atom. The molecule has 10 heteroatoms. The summed E-state index contributed by atoms with van der Waals surface area (Å²) in [6, 6.07) is 9.79. The van der Waals surface area contributed by atoms with Crippen LogP contribution in [0.1, 0.15) is 42.0 Å². The molecule has 7 N–H and O–H groups in total. The zero-order valence-corrected chi connectivity index (χ0v) is 20.9. The van der Waals surface area contributed by atoms with E-state index in [4.69, 9.17) is 5.73 Å². The number of fused-ring (bicyclic) bond motifs is 3. The van der Waals surface area contributed by atoms with Crippen LogP contribution in [0.25, 0.3) is 5.76 Å². The van der Waals surface area contributed by atoms with E-state index in [1.165, 1.54) is 13.0 Å². The Kier molecular flexibility index (Phi) is 6.29.